The minimum absolute atomic E-state index is 0.0691. The second-order valence-corrected chi connectivity index (χ2v) is 6.66. The first-order valence-electron chi connectivity index (χ1n) is 6.94. The molecule has 0 saturated heterocycles. The van der Waals surface area contributed by atoms with E-state index < -0.39 is 0 Å². The van der Waals surface area contributed by atoms with Gasteiger partial charge >= 0.3 is 0 Å². The number of aliphatic hydroxyl groups is 1. The van der Waals surface area contributed by atoms with E-state index in [4.69, 9.17) is 32.7 Å². The van der Waals surface area contributed by atoms with Gasteiger partial charge in [-0.25, -0.2) is 4.98 Å². The maximum absolute atomic E-state index is 8.98. The van der Waals surface area contributed by atoms with Crippen LogP contribution in [0.25, 0.3) is 22.6 Å². The van der Waals surface area contributed by atoms with E-state index in [9.17, 15) is 0 Å². The van der Waals surface area contributed by atoms with Crippen LogP contribution in [0, 0.1) is 0 Å². The van der Waals surface area contributed by atoms with Gasteiger partial charge in [-0.15, -0.1) is 0 Å². The van der Waals surface area contributed by atoms with Crippen molar-refractivity contribution in [3.8, 4) is 22.6 Å². The number of halogens is 2. The minimum Gasteiger partial charge on any atom is -0.431 e. The molecule has 0 aliphatic rings. The molecule has 0 radical (unpaired) electrons. The van der Waals surface area contributed by atoms with E-state index in [1.165, 1.54) is 11.8 Å². The average Bonchev–Trinajstić information content (AvgIpc) is 2.98. The second-order valence-electron chi connectivity index (χ2n) is 4.74. The van der Waals surface area contributed by atoms with Gasteiger partial charge < -0.3 is 9.52 Å². The maximum atomic E-state index is 8.98. The van der Waals surface area contributed by atoms with Crippen LogP contribution < -0.4 is 0 Å². The molecule has 0 unspecified atom stereocenters. The molecule has 3 aromatic rings. The van der Waals surface area contributed by atoms with Crippen LogP contribution in [0.15, 0.2) is 58.2 Å². The average molecular weight is 366 g/mol. The van der Waals surface area contributed by atoms with Gasteiger partial charge in [0.25, 0.3) is 5.22 Å². The van der Waals surface area contributed by atoms with Gasteiger partial charge in [-0.3, -0.25) is 0 Å². The molecule has 0 bridgehead atoms. The molecule has 2 aromatic carbocycles. The summed E-state index contributed by atoms with van der Waals surface area (Å²) < 4.78 is 5.89. The molecule has 0 saturated carbocycles. The second kappa shape index (κ2) is 7.41. The first-order chi connectivity index (χ1) is 11.2. The Hall–Kier alpha value is -1.46. The van der Waals surface area contributed by atoms with Gasteiger partial charge in [-0.05, 0) is 36.4 Å². The number of hydrogen-bond acceptors (Lipinski definition) is 4. The fourth-order valence-corrected chi connectivity index (χ4v) is 2.91. The minimum atomic E-state index is 0.0691. The summed E-state index contributed by atoms with van der Waals surface area (Å²) in [5.74, 6) is 1.20. The van der Waals surface area contributed by atoms with Gasteiger partial charge in [0, 0.05) is 26.9 Å². The van der Waals surface area contributed by atoms with Crippen molar-refractivity contribution in [1.29, 1.82) is 0 Å². The first-order valence-corrected chi connectivity index (χ1v) is 8.68. The molecule has 0 fully saturated rings. The molecular weight excluding hydrogens is 353 g/mol. The van der Waals surface area contributed by atoms with Crippen molar-refractivity contribution in [3.63, 3.8) is 0 Å². The lowest BCUT2D eigenvalue weighted by Gasteiger charge is -2.02. The van der Waals surface area contributed by atoms with Crippen LogP contribution in [0.2, 0.25) is 10.0 Å². The zero-order valence-corrected chi connectivity index (χ0v) is 14.3. The summed E-state index contributed by atoms with van der Waals surface area (Å²) in [7, 11) is 0. The van der Waals surface area contributed by atoms with Gasteiger partial charge in [-0.1, -0.05) is 47.1 Å². The van der Waals surface area contributed by atoms with Crippen molar-refractivity contribution in [1.82, 2.24) is 4.98 Å². The number of benzene rings is 2. The number of rotatable bonds is 5. The van der Waals surface area contributed by atoms with Crippen molar-refractivity contribution >= 4 is 35.0 Å². The van der Waals surface area contributed by atoms with E-state index in [1.54, 1.807) is 0 Å². The molecule has 0 aliphatic carbocycles. The Morgan fingerprint density at radius 1 is 0.913 bits per heavy atom. The molecular formula is C17H13Cl2NO2S. The van der Waals surface area contributed by atoms with E-state index >= 15 is 0 Å². The van der Waals surface area contributed by atoms with E-state index in [-0.39, 0.29) is 6.61 Å². The van der Waals surface area contributed by atoms with Crippen molar-refractivity contribution in [2.45, 2.75) is 5.22 Å². The zero-order valence-electron chi connectivity index (χ0n) is 12.0. The highest BCUT2D eigenvalue weighted by Crippen LogP contribution is 2.36. The summed E-state index contributed by atoms with van der Waals surface area (Å²) in [5.41, 5.74) is 2.55. The molecule has 0 spiro atoms. The summed E-state index contributed by atoms with van der Waals surface area (Å²) in [4.78, 5) is 4.56. The molecule has 3 rings (SSSR count). The molecule has 1 heterocycles. The molecule has 118 valence electrons. The topological polar surface area (TPSA) is 46.3 Å². The third-order valence-corrected chi connectivity index (χ3v) is 4.46. The fraction of sp³-hybridized carbons (Fsp3) is 0.118. The first kappa shape index (κ1) is 16.4. The van der Waals surface area contributed by atoms with Crippen molar-refractivity contribution in [2.24, 2.45) is 0 Å². The molecule has 0 amide bonds. The monoisotopic (exact) mass is 365 g/mol. The summed E-state index contributed by atoms with van der Waals surface area (Å²) >= 11 is 13.3. The van der Waals surface area contributed by atoms with Gasteiger partial charge in [0.2, 0.25) is 0 Å². The van der Waals surface area contributed by atoms with Crippen LogP contribution in [0.3, 0.4) is 0 Å². The van der Waals surface area contributed by atoms with Crippen LogP contribution in [0.1, 0.15) is 0 Å². The lowest BCUT2D eigenvalue weighted by molar-refractivity contribution is 0.322. The lowest BCUT2D eigenvalue weighted by atomic mass is 10.1. The third kappa shape index (κ3) is 3.90. The number of aliphatic hydroxyl groups excluding tert-OH is 1. The quantitative estimate of drug-likeness (QED) is 0.614. The fourth-order valence-electron chi connectivity index (χ4n) is 2.10. The highest BCUT2D eigenvalue weighted by molar-refractivity contribution is 7.99. The Morgan fingerprint density at radius 2 is 1.48 bits per heavy atom. The van der Waals surface area contributed by atoms with Crippen LogP contribution >= 0.6 is 35.0 Å². The molecule has 6 heteroatoms. The van der Waals surface area contributed by atoms with Crippen molar-refractivity contribution < 1.29 is 9.52 Å². The largest absolute Gasteiger partial charge is 0.431 e. The highest BCUT2D eigenvalue weighted by Gasteiger charge is 2.17. The van der Waals surface area contributed by atoms with Gasteiger partial charge in [0.1, 0.15) is 5.69 Å². The Labute approximate surface area is 148 Å². The normalized spacial score (nSPS) is 10.9. The zero-order chi connectivity index (χ0) is 16.2. The molecule has 1 N–H and O–H groups in total. The van der Waals surface area contributed by atoms with E-state index in [0.717, 1.165) is 16.8 Å². The van der Waals surface area contributed by atoms with Crippen LogP contribution in [-0.2, 0) is 0 Å². The third-order valence-electron chi connectivity index (χ3n) is 3.15. The molecule has 0 aliphatic heterocycles. The highest BCUT2D eigenvalue weighted by atomic mass is 35.5. The molecule has 0 atom stereocenters. The van der Waals surface area contributed by atoms with E-state index in [0.29, 0.717) is 26.8 Å². The smallest absolute Gasteiger partial charge is 0.256 e. The number of thioether (sulfide) groups is 1. The van der Waals surface area contributed by atoms with E-state index in [1.807, 2.05) is 48.5 Å². The Kier molecular flexibility index (Phi) is 5.28. The predicted molar refractivity (Wildman–Crippen MR) is 95.2 cm³/mol. The van der Waals surface area contributed by atoms with Crippen LogP contribution in [0.5, 0.6) is 0 Å². The lowest BCUT2D eigenvalue weighted by Crippen LogP contribution is -1.85. The van der Waals surface area contributed by atoms with Crippen LogP contribution in [-0.4, -0.2) is 22.5 Å². The number of aromatic nitrogens is 1. The Balaban J connectivity index is 2.06. The maximum Gasteiger partial charge on any atom is 0.256 e. The van der Waals surface area contributed by atoms with Gasteiger partial charge in [-0.2, -0.15) is 0 Å². The van der Waals surface area contributed by atoms with Gasteiger partial charge in [0.15, 0.2) is 5.76 Å². The summed E-state index contributed by atoms with van der Waals surface area (Å²) in [6, 6.07) is 14.8. The van der Waals surface area contributed by atoms with Crippen molar-refractivity contribution in [2.75, 3.05) is 12.4 Å². The number of nitrogens with zero attached hydrogens (tertiary/aromatic N) is 1. The van der Waals surface area contributed by atoms with E-state index in [2.05, 4.69) is 4.98 Å². The standard InChI is InChI=1S/C17H13Cl2NO2S/c18-13-5-1-11(2-6-13)15-16(12-3-7-14(19)8-4-12)22-17(20-15)23-10-9-21/h1-8,21H,9-10H2. The predicted octanol–water partition coefficient (Wildman–Crippen LogP) is 5.40. The Morgan fingerprint density at radius 3 is 2.04 bits per heavy atom. The number of hydrogen-bond donors (Lipinski definition) is 1. The van der Waals surface area contributed by atoms with Crippen LogP contribution in [0.4, 0.5) is 0 Å². The molecule has 1 aromatic heterocycles. The SMILES string of the molecule is OCCSc1nc(-c2ccc(Cl)cc2)c(-c2ccc(Cl)cc2)o1. The van der Waals surface area contributed by atoms with Crippen molar-refractivity contribution in [3.05, 3.63) is 58.6 Å². The Bertz CT molecular complexity index is 722. The summed E-state index contributed by atoms with van der Waals surface area (Å²) in [5, 5.41) is 10.8. The molecule has 23 heavy (non-hydrogen) atoms. The summed E-state index contributed by atoms with van der Waals surface area (Å²) in [6.45, 7) is 0.0691. The molecule has 3 nitrogen and oxygen atoms in total. The van der Waals surface area contributed by atoms with Gasteiger partial charge in [0.05, 0.1) is 6.61 Å². The number of oxazole rings is 1. The summed E-state index contributed by atoms with van der Waals surface area (Å²) in [6.07, 6.45) is 0.